The van der Waals surface area contributed by atoms with E-state index in [4.69, 9.17) is 18.0 Å². The molecule has 0 aliphatic carbocycles. The van der Waals surface area contributed by atoms with Crippen molar-refractivity contribution in [1.29, 1.82) is 0 Å². The third-order valence-corrected chi connectivity index (χ3v) is 28.1. The molecule has 0 fully saturated rings. The van der Waals surface area contributed by atoms with E-state index in [1.54, 1.807) is 0 Å². The molecule has 8 heteroatoms. The lowest BCUT2D eigenvalue weighted by molar-refractivity contribution is -0.115. The lowest BCUT2D eigenvalue weighted by Crippen LogP contribution is -2.47. The minimum Gasteiger partial charge on any atom is -0.417 e. The molecule has 0 amide bonds. The smallest absolute Gasteiger partial charge is 0.208 e. The first-order chi connectivity index (χ1) is 29.4. The number of ketones is 1. The van der Waals surface area contributed by atoms with Gasteiger partial charge < -0.3 is 18.0 Å². The first-order valence-electron chi connectivity index (χ1n) is 24.0. The summed E-state index contributed by atoms with van der Waals surface area (Å²) in [5.41, 5.74) is 2.35. The molecule has 354 valence electrons. The third-order valence-electron chi connectivity index (χ3n) is 14.6. The normalized spacial score (nSPS) is 16.4. The van der Waals surface area contributed by atoms with Gasteiger partial charge in [0, 0.05) is 18.9 Å². The first-order valence-corrected chi connectivity index (χ1v) is 32.7. The number of carbonyl (C=O) groups excluding carboxylic acids is 1. The lowest BCUT2D eigenvalue weighted by Gasteiger charge is -2.42. The van der Waals surface area contributed by atoms with Gasteiger partial charge in [0.25, 0.3) is 0 Å². The molecule has 3 rings (SSSR count). The number of hydrogen-bond donors (Lipinski definition) is 0. The molecule has 64 heavy (non-hydrogen) atoms. The van der Waals surface area contributed by atoms with Crippen molar-refractivity contribution in [3.8, 4) is 11.8 Å². The topological polar surface area (TPSA) is 54.0 Å². The van der Waals surface area contributed by atoms with Crippen molar-refractivity contribution in [3.63, 3.8) is 0 Å². The van der Waals surface area contributed by atoms with Gasteiger partial charge in [0.05, 0.1) is 18.8 Å². The Bertz CT molecular complexity index is 1860. The van der Waals surface area contributed by atoms with Gasteiger partial charge in [0.2, 0.25) is 5.78 Å². The molecule has 0 saturated carbocycles. The van der Waals surface area contributed by atoms with Crippen LogP contribution in [0, 0.1) is 35.5 Å². The van der Waals surface area contributed by atoms with E-state index in [9.17, 15) is 4.79 Å². The minimum atomic E-state index is -2.26. The maximum Gasteiger partial charge on any atom is 0.208 e. The fourth-order valence-electron chi connectivity index (χ4n) is 7.37. The number of rotatable bonds is 21. The Morgan fingerprint density at radius 3 is 1.47 bits per heavy atom. The average Bonchev–Trinajstić information content (AvgIpc) is 3.20. The molecule has 6 atom stereocenters. The molecule has 0 unspecified atom stereocenters. The fourth-order valence-corrected chi connectivity index (χ4v) is 11.4. The SMILES string of the molecule is C[C@@H](CO[Si](C)(C)C(C)(C)C)C[C@H](C)[C@@H](O[Si](C)(C)C(C)(C)C)[C@@H](C)C#CC(=O)C[C@H](O[Si](C)(C)C(C)(C)C)[C@H](C)C=CCOC(c1ccccc1)(c1ccccc1)c1ccccc1. The van der Waals surface area contributed by atoms with Crippen molar-refractivity contribution >= 4 is 30.7 Å². The highest BCUT2D eigenvalue weighted by atomic mass is 28.4. The average molecular weight is 926 g/mol. The molecule has 3 aromatic rings. The van der Waals surface area contributed by atoms with Crippen molar-refractivity contribution in [2.75, 3.05) is 13.2 Å². The van der Waals surface area contributed by atoms with Gasteiger partial charge in [-0.25, -0.2) is 0 Å². The number of benzene rings is 3. The monoisotopic (exact) mass is 925 g/mol. The quantitative estimate of drug-likeness (QED) is 0.0350. The van der Waals surface area contributed by atoms with Crippen molar-refractivity contribution in [3.05, 3.63) is 120 Å². The molecule has 5 nitrogen and oxygen atoms in total. The van der Waals surface area contributed by atoms with Gasteiger partial charge in [-0.15, -0.1) is 0 Å². The Kier molecular flexibility index (Phi) is 19.7. The summed E-state index contributed by atoms with van der Waals surface area (Å²) < 4.78 is 28.0. The van der Waals surface area contributed by atoms with E-state index < -0.39 is 30.6 Å². The second kappa shape index (κ2) is 22.7. The minimum absolute atomic E-state index is 0.0288. The Balaban J connectivity index is 1.91. The summed E-state index contributed by atoms with van der Waals surface area (Å²) in [7, 11) is -6.28. The Morgan fingerprint density at radius 1 is 0.625 bits per heavy atom. The second-order valence-corrected chi connectivity index (χ2v) is 37.5. The van der Waals surface area contributed by atoms with Crippen LogP contribution in [0.5, 0.6) is 0 Å². The Labute approximate surface area is 395 Å². The van der Waals surface area contributed by atoms with Crippen LogP contribution in [-0.2, 0) is 28.4 Å². The van der Waals surface area contributed by atoms with E-state index in [1.807, 2.05) is 18.2 Å². The highest BCUT2D eigenvalue weighted by molar-refractivity contribution is 6.75. The molecule has 3 aromatic carbocycles. The summed E-state index contributed by atoms with van der Waals surface area (Å²) in [6, 6.07) is 31.3. The van der Waals surface area contributed by atoms with Crippen LogP contribution in [0.15, 0.2) is 103 Å². The molecule has 0 heterocycles. The lowest BCUT2D eigenvalue weighted by atomic mass is 9.80. The zero-order chi connectivity index (χ0) is 48.4. The summed E-state index contributed by atoms with van der Waals surface area (Å²) in [6.45, 7) is 44.2. The molecule has 0 aliphatic heterocycles. The van der Waals surface area contributed by atoms with Crippen LogP contribution in [0.3, 0.4) is 0 Å². The van der Waals surface area contributed by atoms with Crippen molar-refractivity contribution in [1.82, 2.24) is 0 Å². The van der Waals surface area contributed by atoms with Crippen LogP contribution < -0.4 is 0 Å². The summed E-state index contributed by atoms with van der Waals surface area (Å²) in [6.07, 6.45) is 4.99. The fraction of sp³-hybridized carbons (Fsp3) is 0.589. The zero-order valence-electron chi connectivity index (χ0n) is 43.6. The van der Waals surface area contributed by atoms with E-state index in [-0.39, 0.29) is 57.3 Å². The van der Waals surface area contributed by atoms with Crippen molar-refractivity contribution < 1.29 is 22.8 Å². The number of carbonyl (C=O) groups is 1. The van der Waals surface area contributed by atoms with Gasteiger partial charge in [0.1, 0.15) is 5.60 Å². The van der Waals surface area contributed by atoms with Crippen LogP contribution in [0.25, 0.3) is 0 Å². The highest BCUT2D eigenvalue weighted by Crippen LogP contribution is 2.43. The first kappa shape index (κ1) is 55.4. The van der Waals surface area contributed by atoms with Gasteiger partial charge >= 0.3 is 0 Å². The molecular weight excluding hydrogens is 837 g/mol. The van der Waals surface area contributed by atoms with Gasteiger partial charge in [-0.2, -0.15) is 0 Å². The molecule has 0 aromatic heterocycles. The van der Waals surface area contributed by atoms with Crippen LogP contribution in [0.4, 0.5) is 0 Å². The Hall–Kier alpha value is -2.88. The van der Waals surface area contributed by atoms with Gasteiger partial charge in [-0.05, 0) is 108 Å². The van der Waals surface area contributed by atoms with Crippen LogP contribution in [0.1, 0.15) is 120 Å². The zero-order valence-corrected chi connectivity index (χ0v) is 46.6. The van der Waals surface area contributed by atoms with Crippen LogP contribution >= 0.6 is 0 Å². The number of Topliss-reactive ketones (excluding diaryl/α,β-unsaturated/α-hetero) is 1. The van der Waals surface area contributed by atoms with E-state index in [0.29, 0.717) is 12.5 Å². The third kappa shape index (κ3) is 15.1. The summed E-state index contributed by atoms with van der Waals surface area (Å²) in [5.74, 6) is 6.87. The molecule has 0 N–H and O–H groups in total. The number of hydrogen-bond acceptors (Lipinski definition) is 5. The standard InChI is InChI=1S/C56H88O5Si3/c1-43(42-59-62(14,15)53(5,6)7)40-46(4)52(61-64(18,19)55(11,12)13)45(3)37-38-50(57)41-51(60-63(16,17)54(8,9)10)44(2)30-29-39-58-56(47-31-23-20-24-32-47,48-33-25-21-26-34-48)49-35-27-22-28-36-49/h20-36,43-46,51-52H,39-42H2,1-19H3/t43-,44-,45+,46+,51+,52+/m1/s1. The summed E-state index contributed by atoms with van der Waals surface area (Å²) >= 11 is 0. The molecular formula is C56H88O5Si3. The Morgan fingerprint density at radius 2 is 1.05 bits per heavy atom. The largest absolute Gasteiger partial charge is 0.417 e. The van der Waals surface area contributed by atoms with E-state index in [2.05, 4.69) is 226 Å². The molecule has 0 bridgehead atoms. The maximum absolute atomic E-state index is 14.1. The predicted molar refractivity (Wildman–Crippen MR) is 280 cm³/mol. The highest BCUT2D eigenvalue weighted by Gasteiger charge is 2.43. The van der Waals surface area contributed by atoms with Crippen molar-refractivity contribution in [2.45, 2.75) is 175 Å². The van der Waals surface area contributed by atoms with Gasteiger partial charge in [0.15, 0.2) is 25.0 Å². The molecule has 0 aliphatic rings. The molecule has 0 spiro atoms. The van der Waals surface area contributed by atoms with E-state index in [1.165, 1.54) is 0 Å². The number of ether oxygens (including phenoxy) is 1. The van der Waals surface area contributed by atoms with Gasteiger partial charge in [-0.1, -0.05) is 192 Å². The van der Waals surface area contributed by atoms with Crippen LogP contribution in [-0.4, -0.2) is 56.2 Å². The molecule has 0 saturated heterocycles. The summed E-state index contributed by atoms with van der Waals surface area (Å²) in [5, 5.41) is 0.181. The summed E-state index contributed by atoms with van der Waals surface area (Å²) in [4.78, 5) is 14.1. The maximum atomic E-state index is 14.1. The van der Waals surface area contributed by atoms with Gasteiger partial charge in [-0.3, -0.25) is 4.79 Å². The van der Waals surface area contributed by atoms with E-state index in [0.717, 1.165) is 29.7 Å². The van der Waals surface area contributed by atoms with Crippen LogP contribution in [0.2, 0.25) is 54.4 Å². The van der Waals surface area contributed by atoms with Crippen molar-refractivity contribution in [2.24, 2.45) is 23.7 Å². The predicted octanol–water partition coefficient (Wildman–Crippen LogP) is 15.3. The molecule has 0 radical (unpaired) electrons. The second-order valence-electron chi connectivity index (χ2n) is 23.2. The van der Waals surface area contributed by atoms with E-state index >= 15 is 0 Å².